The molecular weight excluding hydrogens is 190 g/mol. The average Bonchev–Trinajstić information content (AvgIpc) is 2.77. The van der Waals surface area contributed by atoms with Crippen molar-refractivity contribution in [3.8, 4) is 0 Å². The zero-order chi connectivity index (χ0) is 10.7. The van der Waals surface area contributed by atoms with E-state index in [0.717, 1.165) is 30.4 Å². The number of hydrogen-bond donors (Lipinski definition) is 0. The second kappa shape index (κ2) is 4.36. The van der Waals surface area contributed by atoms with Gasteiger partial charge in [0.05, 0.1) is 19.4 Å². The van der Waals surface area contributed by atoms with Gasteiger partial charge in [0.2, 0.25) is 0 Å². The lowest BCUT2D eigenvalue weighted by atomic mass is 10.3. The molecule has 80 valence electrons. The Kier molecular flexibility index (Phi) is 2.92. The molecule has 0 aliphatic heterocycles. The molecule has 15 heavy (non-hydrogen) atoms. The van der Waals surface area contributed by atoms with Crippen LogP contribution in [0.1, 0.15) is 17.3 Å². The highest BCUT2D eigenvalue weighted by Gasteiger charge is 2.05. The molecule has 3 nitrogen and oxygen atoms in total. The van der Waals surface area contributed by atoms with Gasteiger partial charge in [-0.1, -0.05) is 0 Å². The highest BCUT2D eigenvalue weighted by molar-refractivity contribution is 5.05. The van der Waals surface area contributed by atoms with Crippen molar-refractivity contribution >= 4 is 0 Å². The van der Waals surface area contributed by atoms with Gasteiger partial charge in [-0.3, -0.25) is 4.90 Å². The standard InChI is InChI=1S/C12H15NO2/c1-10-5-6-12(15-10)9-13(2)8-11-4-3-7-14-11/h3-7H,8-9H2,1-2H3. The number of furan rings is 2. The molecule has 0 unspecified atom stereocenters. The fraction of sp³-hybridized carbons (Fsp3) is 0.333. The van der Waals surface area contributed by atoms with Crippen molar-refractivity contribution in [3.05, 3.63) is 47.8 Å². The molecular formula is C12H15NO2. The maximum absolute atomic E-state index is 5.50. The van der Waals surface area contributed by atoms with E-state index >= 15 is 0 Å². The van der Waals surface area contributed by atoms with Crippen molar-refractivity contribution in [3.63, 3.8) is 0 Å². The smallest absolute Gasteiger partial charge is 0.118 e. The maximum Gasteiger partial charge on any atom is 0.118 e. The van der Waals surface area contributed by atoms with Crippen LogP contribution in [0, 0.1) is 6.92 Å². The van der Waals surface area contributed by atoms with E-state index in [9.17, 15) is 0 Å². The van der Waals surface area contributed by atoms with Crippen molar-refractivity contribution < 1.29 is 8.83 Å². The SMILES string of the molecule is Cc1ccc(CN(C)Cc2ccco2)o1. The molecule has 2 aromatic heterocycles. The van der Waals surface area contributed by atoms with Gasteiger partial charge in [0.15, 0.2) is 0 Å². The summed E-state index contributed by atoms with van der Waals surface area (Å²) >= 11 is 0. The highest BCUT2D eigenvalue weighted by atomic mass is 16.3. The fourth-order valence-corrected chi connectivity index (χ4v) is 1.56. The number of aryl methyl sites for hydroxylation is 1. The van der Waals surface area contributed by atoms with Crippen LogP contribution < -0.4 is 0 Å². The number of rotatable bonds is 4. The molecule has 2 aromatic rings. The van der Waals surface area contributed by atoms with E-state index in [1.165, 1.54) is 0 Å². The van der Waals surface area contributed by atoms with Crippen LogP contribution in [-0.4, -0.2) is 11.9 Å². The van der Waals surface area contributed by atoms with Gasteiger partial charge in [-0.15, -0.1) is 0 Å². The molecule has 2 rings (SSSR count). The molecule has 0 aliphatic rings. The molecule has 0 fully saturated rings. The lowest BCUT2D eigenvalue weighted by Gasteiger charge is -2.12. The Morgan fingerprint density at radius 1 is 1.13 bits per heavy atom. The Hall–Kier alpha value is -1.48. The van der Waals surface area contributed by atoms with Gasteiger partial charge in [-0.2, -0.15) is 0 Å². The average molecular weight is 205 g/mol. The lowest BCUT2D eigenvalue weighted by Crippen LogP contribution is -2.16. The van der Waals surface area contributed by atoms with Crippen LogP contribution in [0.2, 0.25) is 0 Å². The van der Waals surface area contributed by atoms with Crippen LogP contribution >= 0.6 is 0 Å². The molecule has 0 N–H and O–H groups in total. The van der Waals surface area contributed by atoms with Crippen molar-refractivity contribution in [2.75, 3.05) is 7.05 Å². The first kappa shape index (κ1) is 10.1. The summed E-state index contributed by atoms with van der Waals surface area (Å²) in [6.45, 7) is 3.55. The minimum atomic E-state index is 0.798. The second-order valence-corrected chi connectivity index (χ2v) is 3.76. The van der Waals surface area contributed by atoms with Gasteiger partial charge in [0, 0.05) is 0 Å². The van der Waals surface area contributed by atoms with Crippen molar-refractivity contribution in [1.82, 2.24) is 4.90 Å². The van der Waals surface area contributed by atoms with Crippen LogP contribution in [0.3, 0.4) is 0 Å². The summed E-state index contributed by atoms with van der Waals surface area (Å²) in [5.74, 6) is 2.92. The quantitative estimate of drug-likeness (QED) is 0.768. The monoisotopic (exact) mass is 205 g/mol. The van der Waals surface area contributed by atoms with Crippen molar-refractivity contribution in [2.24, 2.45) is 0 Å². The molecule has 0 amide bonds. The Labute approximate surface area is 89.3 Å². The van der Waals surface area contributed by atoms with Gasteiger partial charge in [0.25, 0.3) is 0 Å². The van der Waals surface area contributed by atoms with E-state index < -0.39 is 0 Å². The van der Waals surface area contributed by atoms with Gasteiger partial charge >= 0.3 is 0 Å². The van der Waals surface area contributed by atoms with E-state index in [0.29, 0.717) is 0 Å². The molecule has 0 atom stereocenters. The third kappa shape index (κ3) is 2.73. The molecule has 0 saturated carbocycles. The van der Waals surface area contributed by atoms with Crippen molar-refractivity contribution in [2.45, 2.75) is 20.0 Å². The third-order valence-corrected chi connectivity index (χ3v) is 2.23. The Morgan fingerprint density at radius 2 is 1.93 bits per heavy atom. The number of hydrogen-bond acceptors (Lipinski definition) is 3. The molecule has 0 bridgehead atoms. The highest BCUT2D eigenvalue weighted by Crippen LogP contribution is 2.11. The molecule has 3 heteroatoms. The first-order valence-electron chi connectivity index (χ1n) is 5.00. The predicted octanol–water partition coefficient (Wildman–Crippen LogP) is 2.81. The summed E-state index contributed by atoms with van der Waals surface area (Å²) in [6, 6.07) is 7.87. The molecule has 0 aromatic carbocycles. The molecule has 0 spiro atoms. The summed E-state index contributed by atoms with van der Waals surface area (Å²) in [5, 5.41) is 0. The first-order chi connectivity index (χ1) is 7.24. The Bertz CT molecular complexity index is 403. The summed E-state index contributed by atoms with van der Waals surface area (Å²) in [7, 11) is 2.04. The van der Waals surface area contributed by atoms with E-state index in [1.807, 2.05) is 38.2 Å². The molecule has 0 aliphatic carbocycles. The van der Waals surface area contributed by atoms with E-state index in [4.69, 9.17) is 8.83 Å². The molecule has 0 saturated heterocycles. The van der Waals surface area contributed by atoms with Gasteiger partial charge < -0.3 is 8.83 Å². The lowest BCUT2D eigenvalue weighted by molar-refractivity contribution is 0.263. The van der Waals surface area contributed by atoms with Crippen LogP contribution in [0.4, 0.5) is 0 Å². The van der Waals surface area contributed by atoms with Crippen LogP contribution in [0.15, 0.2) is 39.4 Å². The summed E-state index contributed by atoms with van der Waals surface area (Å²) in [5.41, 5.74) is 0. The summed E-state index contributed by atoms with van der Waals surface area (Å²) in [4.78, 5) is 2.15. The summed E-state index contributed by atoms with van der Waals surface area (Å²) < 4.78 is 10.8. The minimum absolute atomic E-state index is 0.798. The topological polar surface area (TPSA) is 29.5 Å². The van der Waals surface area contributed by atoms with Gasteiger partial charge in [-0.05, 0) is 38.2 Å². The molecule has 2 heterocycles. The molecule has 0 radical (unpaired) electrons. The van der Waals surface area contributed by atoms with Crippen LogP contribution in [0.5, 0.6) is 0 Å². The predicted molar refractivity (Wildman–Crippen MR) is 57.3 cm³/mol. The fourth-order valence-electron chi connectivity index (χ4n) is 1.56. The first-order valence-corrected chi connectivity index (χ1v) is 5.00. The number of nitrogens with zero attached hydrogens (tertiary/aromatic N) is 1. The van der Waals surface area contributed by atoms with Crippen molar-refractivity contribution in [1.29, 1.82) is 0 Å². The maximum atomic E-state index is 5.50. The van der Waals surface area contributed by atoms with E-state index in [1.54, 1.807) is 6.26 Å². The Morgan fingerprint density at radius 3 is 2.53 bits per heavy atom. The van der Waals surface area contributed by atoms with E-state index in [-0.39, 0.29) is 0 Å². The minimum Gasteiger partial charge on any atom is -0.468 e. The Balaban J connectivity index is 1.90. The zero-order valence-electron chi connectivity index (χ0n) is 9.06. The van der Waals surface area contributed by atoms with Gasteiger partial charge in [0.1, 0.15) is 17.3 Å². The largest absolute Gasteiger partial charge is 0.468 e. The van der Waals surface area contributed by atoms with Crippen LogP contribution in [-0.2, 0) is 13.1 Å². The normalized spacial score (nSPS) is 11.1. The second-order valence-electron chi connectivity index (χ2n) is 3.76. The van der Waals surface area contributed by atoms with Gasteiger partial charge in [-0.25, -0.2) is 0 Å². The third-order valence-electron chi connectivity index (χ3n) is 2.23. The van der Waals surface area contributed by atoms with Crippen LogP contribution in [0.25, 0.3) is 0 Å². The van der Waals surface area contributed by atoms with E-state index in [2.05, 4.69) is 4.90 Å². The zero-order valence-corrected chi connectivity index (χ0v) is 9.06. The summed E-state index contributed by atoms with van der Waals surface area (Å²) in [6.07, 6.45) is 1.69.